The molecule has 1 atom stereocenters. The van der Waals surface area contributed by atoms with Gasteiger partial charge in [-0.2, -0.15) is 0 Å². The summed E-state index contributed by atoms with van der Waals surface area (Å²) in [5, 5.41) is 3.32. The van der Waals surface area contributed by atoms with E-state index in [1.807, 2.05) is 6.92 Å². The molecule has 3 rings (SSSR count). The minimum absolute atomic E-state index is 0.0299. The number of hydrogen-bond acceptors (Lipinski definition) is 5. The van der Waals surface area contributed by atoms with Crippen molar-refractivity contribution in [3.05, 3.63) is 64.7 Å². The molecular formula is C23H26ClN3O5S. The Balaban J connectivity index is 1.91. The third-order valence-corrected chi connectivity index (χ3v) is 7.43. The summed E-state index contributed by atoms with van der Waals surface area (Å²) in [7, 11) is -4.15. The molecule has 0 fully saturated rings. The Morgan fingerprint density at radius 3 is 2.36 bits per heavy atom. The molecule has 10 heteroatoms. The van der Waals surface area contributed by atoms with Crippen LogP contribution < -0.4 is 5.32 Å². The number of carbonyl (C=O) groups is 3. The van der Waals surface area contributed by atoms with Crippen molar-refractivity contribution in [2.24, 2.45) is 0 Å². The van der Waals surface area contributed by atoms with Gasteiger partial charge >= 0.3 is 0 Å². The lowest BCUT2D eigenvalue weighted by Gasteiger charge is -2.31. The van der Waals surface area contributed by atoms with E-state index in [1.165, 1.54) is 23.1 Å². The third kappa shape index (κ3) is 5.20. The molecule has 1 aliphatic rings. The molecule has 1 heterocycles. The van der Waals surface area contributed by atoms with Gasteiger partial charge in [0.25, 0.3) is 15.9 Å². The van der Waals surface area contributed by atoms with Crippen molar-refractivity contribution >= 4 is 39.3 Å². The van der Waals surface area contributed by atoms with Gasteiger partial charge in [0.15, 0.2) is 0 Å². The zero-order valence-electron chi connectivity index (χ0n) is 18.5. The van der Waals surface area contributed by atoms with Gasteiger partial charge in [0.1, 0.15) is 17.5 Å². The van der Waals surface area contributed by atoms with Crippen LogP contribution in [0.25, 0.3) is 0 Å². The van der Waals surface area contributed by atoms with Gasteiger partial charge < -0.3 is 10.2 Å². The number of amides is 3. The van der Waals surface area contributed by atoms with Gasteiger partial charge in [-0.25, -0.2) is 12.7 Å². The molecule has 0 spiro atoms. The minimum Gasteiger partial charge on any atom is -0.354 e. The fourth-order valence-electron chi connectivity index (χ4n) is 3.67. The molecule has 1 N–H and O–H groups in total. The second kappa shape index (κ2) is 10.4. The number of rotatable bonds is 9. The fraction of sp³-hybridized carbons (Fsp3) is 0.348. The number of halogens is 1. The molecule has 1 aliphatic heterocycles. The van der Waals surface area contributed by atoms with Gasteiger partial charge in [-0.1, -0.05) is 49.7 Å². The quantitative estimate of drug-likeness (QED) is 0.581. The first-order valence-electron chi connectivity index (χ1n) is 10.7. The largest absolute Gasteiger partial charge is 0.354 e. The molecule has 8 nitrogen and oxygen atoms in total. The van der Waals surface area contributed by atoms with Crippen LogP contribution in [0.15, 0.2) is 53.4 Å². The maximum atomic E-state index is 13.4. The SMILES string of the molecule is CCCNC(=O)[C@@H](CC)N(Cc1ccc(Cl)cc1)C(=O)CN1C(=O)c2ccccc2S1(=O)=O. The zero-order chi connectivity index (χ0) is 24.2. The van der Waals surface area contributed by atoms with E-state index in [0.29, 0.717) is 27.9 Å². The van der Waals surface area contributed by atoms with E-state index >= 15 is 0 Å². The van der Waals surface area contributed by atoms with Crippen molar-refractivity contribution < 1.29 is 22.8 Å². The van der Waals surface area contributed by atoms with Gasteiger partial charge in [0.2, 0.25) is 11.8 Å². The van der Waals surface area contributed by atoms with Gasteiger partial charge in [-0.15, -0.1) is 0 Å². The highest BCUT2D eigenvalue weighted by molar-refractivity contribution is 7.90. The summed E-state index contributed by atoms with van der Waals surface area (Å²) in [5.74, 6) is -1.73. The lowest BCUT2D eigenvalue weighted by Crippen LogP contribution is -2.52. The first kappa shape index (κ1) is 24.7. The molecule has 0 aliphatic carbocycles. The average Bonchev–Trinajstić information content (AvgIpc) is 2.99. The van der Waals surface area contributed by atoms with E-state index < -0.39 is 34.4 Å². The molecule has 3 amide bonds. The first-order chi connectivity index (χ1) is 15.7. The van der Waals surface area contributed by atoms with Crippen molar-refractivity contribution in [2.45, 2.75) is 44.2 Å². The van der Waals surface area contributed by atoms with Crippen molar-refractivity contribution in [1.29, 1.82) is 0 Å². The van der Waals surface area contributed by atoms with Crippen LogP contribution in [0.3, 0.4) is 0 Å². The molecule has 33 heavy (non-hydrogen) atoms. The maximum Gasteiger partial charge on any atom is 0.269 e. The van der Waals surface area contributed by atoms with Crippen molar-refractivity contribution in [3.63, 3.8) is 0 Å². The molecule has 0 saturated heterocycles. The molecule has 2 aromatic rings. The van der Waals surface area contributed by atoms with Crippen LogP contribution in [-0.4, -0.2) is 54.5 Å². The lowest BCUT2D eigenvalue weighted by atomic mass is 10.1. The van der Waals surface area contributed by atoms with Crippen LogP contribution in [0, 0.1) is 0 Å². The number of hydrogen-bond donors (Lipinski definition) is 1. The summed E-state index contributed by atoms with van der Waals surface area (Å²) in [6, 6.07) is 11.8. The fourth-order valence-corrected chi connectivity index (χ4v) is 5.32. The Labute approximate surface area is 198 Å². The molecule has 0 saturated carbocycles. The first-order valence-corrected chi connectivity index (χ1v) is 12.5. The molecular weight excluding hydrogens is 466 g/mol. The number of carbonyl (C=O) groups excluding carboxylic acids is 3. The highest BCUT2D eigenvalue weighted by atomic mass is 35.5. The smallest absolute Gasteiger partial charge is 0.269 e. The summed E-state index contributed by atoms with van der Waals surface area (Å²) >= 11 is 5.96. The van der Waals surface area contributed by atoms with Crippen molar-refractivity contribution in [1.82, 2.24) is 14.5 Å². The number of sulfonamides is 1. The minimum atomic E-state index is -4.15. The molecule has 0 unspecified atom stereocenters. The van der Waals surface area contributed by atoms with Crippen LogP contribution >= 0.6 is 11.6 Å². The summed E-state index contributed by atoms with van der Waals surface area (Å²) in [6.45, 7) is 3.50. The van der Waals surface area contributed by atoms with E-state index in [2.05, 4.69) is 5.32 Å². The predicted octanol–water partition coefficient (Wildman–Crippen LogP) is 2.82. The van der Waals surface area contributed by atoms with Crippen LogP contribution in [-0.2, 0) is 26.2 Å². The van der Waals surface area contributed by atoms with Crippen LogP contribution in [0.1, 0.15) is 42.6 Å². The summed E-state index contributed by atoms with van der Waals surface area (Å²) in [6.07, 6.45) is 1.04. The van der Waals surface area contributed by atoms with E-state index in [0.717, 1.165) is 6.42 Å². The topological polar surface area (TPSA) is 104 Å². The summed E-state index contributed by atoms with van der Waals surface area (Å²) in [4.78, 5) is 40.2. The Morgan fingerprint density at radius 2 is 1.76 bits per heavy atom. The van der Waals surface area contributed by atoms with Crippen LogP contribution in [0.5, 0.6) is 0 Å². The average molecular weight is 492 g/mol. The van der Waals surface area contributed by atoms with Gasteiger partial charge in [-0.3, -0.25) is 14.4 Å². The van der Waals surface area contributed by atoms with Gasteiger partial charge in [0, 0.05) is 18.1 Å². The van der Waals surface area contributed by atoms with E-state index in [1.54, 1.807) is 37.3 Å². The zero-order valence-corrected chi connectivity index (χ0v) is 20.0. The van der Waals surface area contributed by atoms with Crippen LogP contribution in [0.4, 0.5) is 0 Å². The Bertz CT molecular complexity index is 1150. The van der Waals surface area contributed by atoms with E-state index in [9.17, 15) is 22.8 Å². The highest BCUT2D eigenvalue weighted by Crippen LogP contribution is 2.30. The lowest BCUT2D eigenvalue weighted by molar-refractivity contribution is -0.141. The Kier molecular flexibility index (Phi) is 7.76. The molecule has 176 valence electrons. The van der Waals surface area contributed by atoms with Crippen molar-refractivity contribution in [2.75, 3.05) is 13.1 Å². The monoisotopic (exact) mass is 491 g/mol. The molecule has 0 bridgehead atoms. The van der Waals surface area contributed by atoms with E-state index in [-0.39, 0.29) is 22.9 Å². The number of nitrogens with one attached hydrogen (secondary N) is 1. The maximum absolute atomic E-state index is 13.4. The third-order valence-electron chi connectivity index (χ3n) is 5.39. The second-order valence-electron chi connectivity index (χ2n) is 7.68. The molecule has 2 aromatic carbocycles. The second-order valence-corrected chi connectivity index (χ2v) is 9.94. The number of fused-ring (bicyclic) bond motifs is 1. The number of nitrogens with zero attached hydrogens (tertiary/aromatic N) is 2. The molecule has 0 radical (unpaired) electrons. The molecule has 0 aromatic heterocycles. The Morgan fingerprint density at radius 1 is 1.09 bits per heavy atom. The standard InChI is InChI=1S/C23H26ClN3O5S/c1-3-13-25-22(29)19(4-2)26(14-16-9-11-17(24)12-10-16)21(28)15-27-23(30)18-7-5-6-8-20(18)33(27,31)32/h5-12,19H,3-4,13-15H2,1-2H3,(H,25,29)/t19-/m1/s1. The highest BCUT2D eigenvalue weighted by Gasteiger charge is 2.43. The Hall–Kier alpha value is -2.91. The summed E-state index contributed by atoms with van der Waals surface area (Å²) < 4.78 is 26.4. The predicted molar refractivity (Wildman–Crippen MR) is 124 cm³/mol. The number of benzene rings is 2. The van der Waals surface area contributed by atoms with Crippen LogP contribution in [0.2, 0.25) is 5.02 Å². The normalized spacial score (nSPS) is 15.1. The van der Waals surface area contributed by atoms with Crippen molar-refractivity contribution in [3.8, 4) is 0 Å². The van der Waals surface area contributed by atoms with Gasteiger partial charge in [-0.05, 0) is 42.7 Å². The summed E-state index contributed by atoms with van der Waals surface area (Å²) in [5.41, 5.74) is 0.746. The van der Waals surface area contributed by atoms with E-state index in [4.69, 9.17) is 11.6 Å². The van der Waals surface area contributed by atoms with Gasteiger partial charge in [0.05, 0.1) is 5.56 Å².